The van der Waals surface area contributed by atoms with E-state index in [9.17, 15) is 9.18 Å². The van der Waals surface area contributed by atoms with Crippen LogP contribution in [-0.2, 0) is 4.79 Å². The topological polar surface area (TPSA) is 46.5 Å². The van der Waals surface area contributed by atoms with Gasteiger partial charge in [0.2, 0.25) is 0 Å². The molecule has 0 aliphatic rings. The summed E-state index contributed by atoms with van der Waals surface area (Å²) in [6.45, 7) is 0. The first-order valence-electron chi connectivity index (χ1n) is 5.80. The molecule has 0 radical (unpaired) electrons. The van der Waals surface area contributed by atoms with Crippen LogP contribution >= 0.6 is 27.5 Å². The minimum absolute atomic E-state index is 0.0406. The lowest BCUT2D eigenvalue weighted by atomic mass is 10.1. The predicted molar refractivity (Wildman–Crippen MR) is 82.3 cm³/mol. The van der Waals surface area contributed by atoms with Gasteiger partial charge in [-0.15, -0.1) is 0 Å². The van der Waals surface area contributed by atoms with E-state index in [1.165, 1.54) is 18.2 Å². The van der Waals surface area contributed by atoms with Crippen molar-refractivity contribution in [3.8, 4) is 11.5 Å². The minimum Gasteiger partial charge on any atom is -0.478 e. The van der Waals surface area contributed by atoms with Crippen LogP contribution in [0.15, 0.2) is 46.9 Å². The smallest absolute Gasteiger partial charge is 0.328 e. The number of halogens is 3. The molecule has 21 heavy (non-hydrogen) atoms. The summed E-state index contributed by atoms with van der Waals surface area (Å²) in [7, 11) is 0. The van der Waals surface area contributed by atoms with E-state index in [0.29, 0.717) is 10.8 Å². The summed E-state index contributed by atoms with van der Waals surface area (Å²) < 4.78 is 20.2. The van der Waals surface area contributed by atoms with Gasteiger partial charge in [0.25, 0.3) is 0 Å². The van der Waals surface area contributed by atoms with Crippen LogP contribution in [0, 0.1) is 5.82 Å². The van der Waals surface area contributed by atoms with Crippen molar-refractivity contribution in [2.24, 2.45) is 0 Å². The average molecular weight is 372 g/mol. The van der Waals surface area contributed by atoms with Crippen LogP contribution in [-0.4, -0.2) is 11.1 Å². The van der Waals surface area contributed by atoms with Gasteiger partial charge >= 0.3 is 5.97 Å². The van der Waals surface area contributed by atoms with E-state index >= 15 is 0 Å². The van der Waals surface area contributed by atoms with Crippen molar-refractivity contribution in [3.05, 3.63) is 63.4 Å². The Balaban J connectivity index is 2.40. The van der Waals surface area contributed by atoms with Crippen molar-refractivity contribution in [3.63, 3.8) is 0 Å². The van der Waals surface area contributed by atoms with Gasteiger partial charge in [0.1, 0.15) is 17.3 Å². The predicted octanol–water partition coefficient (Wildman–Crippen LogP) is 5.13. The molecule has 0 aliphatic heterocycles. The van der Waals surface area contributed by atoms with Crippen LogP contribution in [0.25, 0.3) is 6.08 Å². The number of carbonyl (C=O) groups is 1. The highest BCUT2D eigenvalue weighted by molar-refractivity contribution is 9.10. The van der Waals surface area contributed by atoms with Gasteiger partial charge in [-0.25, -0.2) is 9.18 Å². The lowest BCUT2D eigenvalue weighted by Crippen LogP contribution is -1.93. The van der Waals surface area contributed by atoms with Crippen molar-refractivity contribution in [2.45, 2.75) is 0 Å². The maximum atomic E-state index is 13.8. The number of benzene rings is 2. The summed E-state index contributed by atoms with van der Waals surface area (Å²) in [4.78, 5) is 10.6. The normalized spacial score (nSPS) is 10.8. The van der Waals surface area contributed by atoms with Crippen LogP contribution in [0.5, 0.6) is 11.5 Å². The molecule has 0 atom stereocenters. The van der Waals surface area contributed by atoms with Gasteiger partial charge < -0.3 is 9.84 Å². The highest BCUT2D eigenvalue weighted by Gasteiger charge is 2.10. The Morgan fingerprint density at radius 2 is 2.05 bits per heavy atom. The molecule has 0 aromatic heterocycles. The van der Waals surface area contributed by atoms with Gasteiger partial charge in [-0.1, -0.05) is 33.6 Å². The molecule has 2 rings (SSSR count). The van der Waals surface area contributed by atoms with Gasteiger partial charge in [0, 0.05) is 10.5 Å². The molecule has 0 spiro atoms. The first-order valence-corrected chi connectivity index (χ1v) is 6.97. The third kappa shape index (κ3) is 4.06. The van der Waals surface area contributed by atoms with Crippen molar-refractivity contribution >= 4 is 39.6 Å². The van der Waals surface area contributed by atoms with Crippen molar-refractivity contribution in [1.29, 1.82) is 0 Å². The Hall–Kier alpha value is -1.85. The fourth-order valence-corrected chi connectivity index (χ4v) is 2.31. The van der Waals surface area contributed by atoms with Gasteiger partial charge in [-0.3, -0.25) is 0 Å². The number of rotatable bonds is 4. The zero-order valence-electron chi connectivity index (χ0n) is 10.5. The van der Waals surface area contributed by atoms with Crippen molar-refractivity contribution < 1.29 is 19.0 Å². The second-order valence-corrected chi connectivity index (χ2v) is 5.32. The molecule has 0 aliphatic carbocycles. The molecule has 0 saturated carbocycles. The molecule has 0 amide bonds. The second kappa shape index (κ2) is 6.74. The standard InChI is InChI=1S/C15H9BrClFO3/c16-9-4-6-14(11(17)8-9)21-13-3-1-2-12(18)10(13)5-7-15(19)20/h1-8H,(H,19,20)/b7-5+. The third-order valence-corrected chi connectivity index (χ3v) is 3.31. The van der Waals surface area contributed by atoms with Crippen LogP contribution in [0.4, 0.5) is 4.39 Å². The molecule has 2 aromatic carbocycles. The number of ether oxygens (including phenoxy) is 1. The fourth-order valence-electron chi connectivity index (χ4n) is 1.60. The summed E-state index contributed by atoms with van der Waals surface area (Å²) >= 11 is 9.31. The van der Waals surface area contributed by atoms with E-state index in [0.717, 1.165) is 16.6 Å². The summed E-state index contributed by atoms with van der Waals surface area (Å²) in [5, 5.41) is 8.99. The summed E-state index contributed by atoms with van der Waals surface area (Å²) in [5.74, 6) is -1.24. The summed E-state index contributed by atoms with van der Waals surface area (Å²) in [6.07, 6.45) is 1.98. The zero-order chi connectivity index (χ0) is 15.4. The molecule has 0 saturated heterocycles. The van der Waals surface area contributed by atoms with Crippen molar-refractivity contribution in [1.82, 2.24) is 0 Å². The largest absolute Gasteiger partial charge is 0.478 e. The van der Waals surface area contributed by atoms with Gasteiger partial charge in [0.05, 0.1) is 10.6 Å². The number of carboxylic acids is 1. The van der Waals surface area contributed by atoms with Gasteiger partial charge in [-0.05, 0) is 36.4 Å². The van der Waals surface area contributed by atoms with Crippen LogP contribution in [0.2, 0.25) is 5.02 Å². The quantitative estimate of drug-likeness (QED) is 0.758. The fraction of sp³-hybridized carbons (Fsp3) is 0. The Bertz CT molecular complexity index is 716. The van der Waals surface area contributed by atoms with Crippen LogP contribution in [0.1, 0.15) is 5.56 Å². The van der Waals surface area contributed by atoms with E-state index in [1.54, 1.807) is 18.2 Å². The lowest BCUT2D eigenvalue weighted by molar-refractivity contribution is -0.131. The molecule has 1 N–H and O–H groups in total. The van der Waals surface area contributed by atoms with Crippen LogP contribution in [0.3, 0.4) is 0 Å². The molecule has 0 fully saturated rings. The highest BCUT2D eigenvalue weighted by Crippen LogP contribution is 2.34. The molecule has 3 nitrogen and oxygen atoms in total. The molecule has 2 aromatic rings. The first kappa shape index (κ1) is 15.5. The van der Waals surface area contributed by atoms with E-state index in [1.807, 2.05) is 0 Å². The third-order valence-electron chi connectivity index (χ3n) is 2.52. The molecular formula is C15H9BrClFO3. The van der Waals surface area contributed by atoms with Crippen molar-refractivity contribution in [2.75, 3.05) is 0 Å². The van der Waals surface area contributed by atoms with Gasteiger partial charge in [-0.2, -0.15) is 0 Å². The molecular weight excluding hydrogens is 363 g/mol. The Morgan fingerprint density at radius 3 is 2.71 bits per heavy atom. The number of carboxylic acid groups (broad SMARTS) is 1. The Labute approximate surface area is 133 Å². The lowest BCUT2D eigenvalue weighted by Gasteiger charge is -2.11. The van der Waals surface area contributed by atoms with E-state index in [-0.39, 0.29) is 11.3 Å². The van der Waals surface area contributed by atoms with Crippen LogP contribution < -0.4 is 4.74 Å². The summed E-state index contributed by atoms with van der Waals surface area (Å²) in [6, 6.07) is 9.22. The number of aliphatic carboxylic acids is 1. The van der Waals surface area contributed by atoms with E-state index < -0.39 is 11.8 Å². The Morgan fingerprint density at radius 1 is 1.29 bits per heavy atom. The average Bonchev–Trinajstić information content (AvgIpc) is 2.41. The molecule has 108 valence electrons. The maximum Gasteiger partial charge on any atom is 0.328 e. The Kier molecular flexibility index (Phi) is 4.98. The van der Waals surface area contributed by atoms with E-state index in [4.69, 9.17) is 21.4 Å². The molecule has 6 heteroatoms. The zero-order valence-corrected chi connectivity index (χ0v) is 12.9. The first-order chi connectivity index (χ1) is 9.97. The molecule has 0 bridgehead atoms. The molecule has 0 heterocycles. The maximum absolute atomic E-state index is 13.8. The minimum atomic E-state index is -1.18. The molecule has 0 unspecified atom stereocenters. The highest BCUT2D eigenvalue weighted by atomic mass is 79.9. The number of hydrogen-bond donors (Lipinski definition) is 1. The second-order valence-electron chi connectivity index (χ2n) is 4.00. The SMILES string of the molecule is O=C(O)/C=C/c1c(F)cccc1Oc1ccc(Br)cc1Cl. The monoisotopic (exact) mass is 370 g/mol. The van der Waals surface area contributed by atoms with E-state index in [2.05, 4.69) is 15.9 Å². The van der Waals surface area contributed by atoms with Gasteiger partial charge in [0.15, 0.2) is 0 Å². The number of hydrogen-bond acceptors (Lipinski definition) is 2. The summed E-state index contributed by atoms with van der Waals surface area (Å²) in [5.41, 5.74) is 0.0406.